The summed E-state index contributed by atoms with van der Waals surface area (Å²) in [6.45, 7) is 2.36. The number of carbonyl (C=O) groups excluding carboxylic acids is 2. The van der Waals surface area contributed by atoms with E-state index in [0.29, 0.717) is 41.2 Å². The molecule has 2 aromatic carbocycles. The number of anilines is 1. The first-order valence-electron chi connectivity index (χ1n) is 9.31. The molecule has 0 radical (unpaired) electrons. The number of amides is 1. The zero-order valence-electron chi connectivity index (χ0n) is 16.4. The fourth-order valence-electron chi connectivity index (χ4n) is 3.09. The van der Waals surface area contributed by atoms with Crippen LogP contribution in [0.15, 0.2) is 47.3 Å². The molecule has 0 bridgehead atoms. The zero-order chi connectivity index (χ0) is 21.3. The summed E-state index contributed by atoms with van der Waals surface area (Å²) in [5.74, 6) is -0.184. The van der Waals surface area contributed by atoms with Gasteiger partial charge in [-0.1, -0.05) is 18.2 Å². The molecule has 0 fully saturated rings. The average Bonchev–Trinajstić information content (AvgIpc) is 2.76. The van der Waals surface area contributed by atoms with E-state index in [4.69, 9.17) is 14.2 Å². The number of nitrogens with zero attached hydrogens (tertiary/aromatic N) is 2. The summed E-state index contributed by atoms with van der Waals surface area (Å²) in [6.07, 6.45) is -1.09. The lowest BCUT2D eigenvalue weighted by Crippen LogP contribution is -2.31. The number of carbonyl (C=O) groups is 2. The highest BCUT2D eigenvalue weighted by Gasteiger charge is 2.23. The van der Waals surface area contributed by atoms with Crippen molar-refractivity contribution in [2.45, 2.75) is 13.0 Å². The Bertz CT molecular complexity index is 1200. The first kappa shape index (κ1) is 19.4. The number of nitrogens with one attached hydrogen (secondary N) is 1. The Morgan fingerprint density at radius 3 is 2.57 bits per heavy atom. The molecular formula is C21H19N3O6. The van der Waals surface area contributed by atoms with E-state index in [2.05, 4.69) is 10.4 Å². The fourth-order valence-corrected chi connectivity index (χ4v) is 3.09. The molecule has 1 aliphatic heterocycles. The summed E-state index contributed by atoms with van der Waals surface area (Å²) in [5.41, 5.74) is 0.121. The smallest absolute Gasteiger partial charge is 0.360 e. The van der Waals surface area contributed by atoms with Crippen molar-refractivity contribution in [2.75, 3.05) is 18.5 Å². The lowest BCUT2D eigenvalue weighted by molar-refractivity contribution is -0.123. The molecule has 4 rings (SSSR count). The Balaban J connectivity index is 1.50. The number of aryl methyl sites for hydroxylation is 1. The number of esters is 1. The molecule has 1 atom stereocenters. The van der Waals surface area contributed by atoms with Crippen LogP contribution in [0.2, 0.25) is 0 Å². The van der Waals surface area contributed by atoms with Gasteiger partial charge in [0.15, 0.2) is 23.3 Å². The Morgan fingerprint density at radius 1 is 1.10 bits per heavy atom. The summed E-state index contributed by atoms with van der Waals surface area (Å²) in [5, 5.41) is 7.40. The Kier molecular flexibility index (Phi) is 5.09. The SMILES string of the molecule is C[C@@H](OC(=O)c1nn(C)c(=O)c2ccccc12)C(=O)Nc1ccc2c(c1)OCCO2. The minimum atomic E-state index is -1.09. The normalized spacial score (nSPS) is 13.5. The van der Waals surface area contributed by atoms with Gasteiger partial charge in [0.05, 0.1) is 5.39 Å². The van der Waals surface area contributed by atoms with Gasteiger partial charge in [-0.05, 0) is 25.1 Å². The van der Waals surface area contributed by atoms with Crippen molar-refractivity contribution < 1.29 is 23.8 Å². The second-order valence-corrected chi connectivity index (χ2v) is 6.72. The van der Waals surface area contributed by atoms with E-state index >= 15 is 0 Å². The number of ether oxygens (including phenoxy) is 3. The second kappa shape index (κ2) is 7.86. The molecule has 1 aromatic heterocycles. The van der Waals surface area contributed by atoms with Gasteiger partial charge in [-0.25, -0.2) is 9.48 Å². The monoisotopic (exact) mass is 409 g/mol. The maximum absolute atomic E-state index is 12.7. The van der Waals surface area contributed by atoms with Gasteiger partial charge in [0.25, 0.3) is 11.5 Å². The van der Waals surface area contributed by atoms with Gasteiger partial charge in [0.2, 0.25) is 0 Å². The Morgan fingerprint density at radius 2 is 1.80 bits per heavy atom. The number of rotatable bonds is 4. The molecule has 9 heteroatoms. The second-order valence-electron chi connectivity index (χ2n) is 6.72. The van der Waals surface area contributed by atoms with Crippen molar-refractivity contribution in [3.05, 3.63) is 58.5 Å². The van der Waals surface area contributed by atoms with Crippen molar-refractivity contribution in [3.63, 3.8) is 0 Å². The van der Waals surface area contributed by atoms with E-state index in [1.807, 2.05) is 0 Å². The highest BCUT2D eigenvalue weighted by atomic mass is 16.6. The van der Waals surface area contributed by atoms with Crippen LogP contribution in [0.4, 0.5) is 5.69 Å². The lowest BCUT2D eigenvalue weighted by atomic mass is 10.1. The predicted molar refractivity (Wildman–Crippen MR) is 108 cm³/mol. The molecule has 154 valence electrons. The zero-order valence-corrected chi connectivity index (χ0v) is 16.4. The van der Waals surface area contributed by atoms with E-state index < -0.39 is 18.0 Å². The van der Waals surface area contributed by atoms with Crippen molar-refractivity contribution in [3.8, 4) is 11.5 Å². The molecule has 3 aromatic rings. The first-order valence-corrected chi connectivity index (χ1v) is 9.31. The van der Waals surface area contributed by atoms with Gasteiger partial charge in [-0.15, -0.1) is 0 Å². The van der Waals surface area contributed by atoms with Crippen LogP contribution >= 0.6 is 0 Å². The van der Waals surface area contributed by atoms with Gasteiger partial charge < -0.3 is 19.5 Å². The van der Waals surface area contributed by atoms with Crippen LogP contribution < -0.4 is 20.3 Å². The third-order valence-electron chi connectivity index (χ3n) is 4.61. The predicted octanol–water partition coefficient (Wildman–Crippen LogP) is 1.89. The van der Waals surface area contributed by atoms with Crippen molar-refractivity contribution in [1.82, 2.24) is 9.78 Å². The Labute approximate surface area is 171 Å². The highest BCUT2D eigenvalue weighted by molar-refractivity contribution is 6.03. The Hall–Kier alpha value is -3.88. The minimum absolute atomic E-state index is 0.0355. The molecule has 0 unspecified atom stereocenters. The van der Waals surface area contributed by atoms with Gasteiger partial charge in [-0.3, -0.25) is 9.59 Å². The van der Waals surface area contributed by atoms with E-state index in [1.54, 1.807) is 42.5 Å². The maximum atomic E-state index is 12.7. The third kappa shape index (κ3) is 3.69. The van der Waals surface area contributed by atoms with Crippen molar-refractivity contribution in [1.29, 1.82) is 0 Å². The van der Waals surface area contributed by atoms with Crippen LogP contribution in [0.1, 0.15) is 17.4 Å². The summed E-state index contributed by atoms with van der Waals surface area (Å²) in [7, 11) is 1.45. The highest BCUT2D eigenvalue weighted by Crippen LogP contribution is 2.32. The van der Waals surface area contributed by atoms with E-state index in [9.17, 15) is 14.4 Å². The molecule has 1 amide bonds. The van der Waals surface area contributed by atoms with E-state index in [0.717, 1.165) is 4.68 Å². The molecule has 0 aliphatic carbocycles. The van der Waals surface area contributed by atoms with Gasteiger partial charge in [-0.2, -0.15) is 5.10 Å². The largest absolute Gasteiger partial charge is 0.486 e. The third-order valence-corrected chi connectivity index (χ3v) is 4.61. The van der Waals surface area contributed by atoms with Crippen molar-refractivity contribution >= 4 is 28.3 Å². The molecule has 30 heavy (non-hydrogen) atoms. The standard InChI is InChI=1S/C21H19N3O6/c1-12(19(25)22-13-7-8-16-17(11-13)29-10-9-28-16)30-21(27)18-14-5-3-4-6-15(14)20(26)24(2)23-18/h3-8,11-12H,9-10H2,1-2H3,(H,22,25)/t12-/m1/s1. The quantitative estimate of drug-likeness (QED) is 0.656. The average molecular weight is 409 g/mol. The van der Waals surface area contributed by atoms with Crippen molar-refractivity contribution in [2.24, 2.45) is 7.05 Å². The summed E-state index contributed by atoms with van der Waals surface area (Å²) in [6, 6.07) is 11.6. The van der Waals surface area contributed by atoms with Crippen LogP contribution in [0.5, 0.6) is 11.5 Å². The van der Waals surface area contributed by atoms with Gasteiger partial charge in [0.1, 0.15) is 13.2 Å². The molecule has 0 saturated carbocycles. The molecule has 2 heterocycles. The van der Waals surface area contributed by atoms with Crippen LogP contribution in [0.3, 0.4) is 0 Å². The van der Waals surface area contributed by atoms with E-state index in [-0.39, 0.29) is 11.3 Å². The van der Waals surface area contributed by atoms with Crippen LogP contribution in [0.25, 0.3) is 10.8 Å². The summed E-state index contributed by atoms with van der Waals surface area (Å²) < 4.78 is 17.3. The molecule has 0 spiro atoms. The first-order chi connectivity index (χ1) is 14.4. The fraction of sp³-hybridized carbons (Fsp3) is 0.238. The van der Waals surface area contributed by atoms with Gasteiger partial charge >= 0.3 is 5.97 Å². The summed E-state index contributed by atoms with van der Waals surface area (Å²) in [4.78, 5) is 37.4. The number of aromatic nitrogens is 2. The number of hydrogen-bond donors (Lipinski definition) is 1. The van der Waals surface area contributed by atoms with E-state index in [1.165, 1.54) is 14.0 Å². The topological polar surface area (TPSA) is 109 Å². The lowest BCUT2D eigenvalue weighted by Gasteiger charge is -2.19. The van der Waals surface area contributed by atoms with Gasteiger partial charge in [0, 0.05) is 24.2 Å². The minimum Gasteiger partial charge on any atom is -0.486 e. The number of hydrogen-bond acceptors (Lipinski definition) is 7. The maximum Gasteiger partial charge on any atom is 0.360 e. The number of benzene rings is 2. The van der Waals surface area contributed by atoms with Crippen LogP contribution in [0, 0.1) is 0 Å². The molecule has 1 N–H and O–H groups in total. The van der Waals surface area contributed by atoms with Crippen LogP contribution in [-0.2, 0) is 16.6 Å². The number of fused-ring (bicyclic) bond motifs is 2. The molecule has 9 nitrogen and oxygen atoms in total. The molecule has 0 saturated heterocycles. The van der Waals surface area contributed by atoms with Crippen LogP contribution in [-0.4, -0.2) is 41.0 Å². The molecular weight excluding hydrogens is 390 g/mol. The molecule has 1 aliphatic rings. The summed E-state index contributed by atoms with van der Waals surface area (Å²) >= 11 is 0.